The van der Waals surface area contributed by atoms with E-state index in [-0.39, 0.29) is 0 Å². The third-order valence-electron chi connectivity index (χ3n) is 2.04. The number of anilines is 1. The molecule has 0 aliphatic rings. The lowest BCUT2D eigenvalue weighted by Crippen LogP contribution is -2.15. The number of allylic oxidation sites excluding steroid dienone is 1. The van der Waals surface area contributed by atoms with Crippen LogP contribution in [0.4, 0.5) is 5.69 Å². The first-order valence-corrected chi connectivity index (χ1v) is 4.66. The van der Waals surface area contributed by atoms with E-state index in [9.17, 15) is 9.70 Å². The van der Waals surface area contributed by atoms with Gasteiger partial charge in [-0.1, -0.05) is 18.2 Å². The van der Waals surface area contributed by atoms with Crippen LogP contribution >= 0.6 is 0 Å². The van der Waals surface area contributed by atoms with E-state index in [4.69, 9.17) is 5.11 Å². The summed E-state index contributed by atoms with van der Waals surface area (Å²) >= 11 is 0. The Hall–Kier alpha value is -2.17. The van der Waals surface area contributed by atoms with Gasteiger partial charge in [0.15, 0.2) is 0 Å². The first-order chi connectivity index (χ1) is 7.56. The van der Waals surface area contributed by atoms with Crippen LogP contribution in [0.15, 0.2) is 40.9 Å². The van der Waals surface area contributed by atoms with Crippen LogP contribution in [0, 0.1) is 11.8 Å². The molecule has 5 heteroatoms. The maximum absolute atomic E-state index is 11.5. The molecule has 0 fully saturated rings. The van der Waals surface area contributed by atoms with Crippen molar-refractivity contribution in [2.75, 3.05) is 5.32 Å². The lowest BCUT2D eigenvalue weighted by atomic mass is 10.2. The average molecular weight is 220 g/mol. The second-order valence-corrected chi connectivity index (χ2v) is 3.29. The van der Waals surface area contributed by atoms with E-state index in [2.05, 4.69) is 10.5 Å². The zero-order valence-electron chi connectivity index (χ0n) is 9.02. The van der Waals surface area contributed by atoms with Gasteiger partial charge in [0.2, 0.25) is 5.70 Å². The van der Waals surface area contributed by atoms with E-state index >= 15 is 0 Å². The van der Waals surface area contributed by atoms with Gasteiger partial charge in [0, 0.05) is 5.69 Å². The first-order valence-electron chi connectivity index (χ1n) is 4.66. The highest BCUT2D eigenvalue weighted by atomic mass is 16.3. The minimum Gasteiger partial charge on any atom is -0.510 e. The number of carbonyl (C=O) groups excluding carboxylic acids is 1. The Morgan fingerprint density at radius 2 is 2.00 bits per heavy atom. The SMILES string of the molecule is C/C(O)=C(/N=O)C(=O)Nc1ccccc1C. The van der Waals surface area contributed by atoms with Gasteiger partial charge in [0.1, 0.15) is 5.76 Å². The van der Waals surface area contributed by atoms with Gasteiger partial charge in [0.25, 0.3) is 5.91 Å². The molecule has 0 saturated carbocycles. The number of hydrogen-bond donors (Lipinski definition) is 2. The van der Waals surface area contributed by atoms with Crippen molar-refractivity contribution >= 4 is 11.6 Å². The molecule has 0 heterocycles. The number of hydrogen-bond acceptors (Lipinski definition) is 4. The number of aliphatic hydroxyl groups excluding tert-OH is 1. The maximum Gasteiger partial charge on any atom is 0.281 e. The third-order valence-corrected chi connectivity index (χ3v) is 2.04. The minimum atomic E-state index is -0.718. The summed E-state index contributed by atoms with van der Waals surface area (Å²) in [4.78, 5) is 21.8. The van der Waals surface area contributed by atoms with Gasteiger partial charge in [-0.2, -0.15) is 0 Å². The fraction of sp³-hybridized carbons (Fsp3) is 0.182. The second-order valence-electron chi connectivity index (χ2n) is 3.29. The van der Waals surface area contributed by atoms with Crippen LogP contribution in [0.3, 0.4) is 0 Å². The summed E-state index contributed by atoms with van der Waals surface area (Å²) in [6.45, 7) is 3.05. The van der Waals surface area contributed by atoms with Crippen molar-refractivity contribution in [2.24, 2.45) is 5.18 Å². The molecule has 16 heavy (non-hydrogen) atoms. The highest BCUT2D eigenvalue weighted by Gasteiger charge is 2.14. The number of nitroso groups, excluding NO2 is 1. The smallest absolute Gasteiger partial charge is 0.281 e. The van der Waals surface area contributed by atoms with Gasteiger partial charge in [-0.15, -0.1) is 4.91 Å². The van der Waals surface area contributed by atoms with Gasteiger partial charge >= 0.3 is 0 Å². The van der Waals surface area contributed by atoms with Crippen LogP contribution in [0.25, 0.3) is 0 Å². The quantitative estimate of drug-likeness (QED) is 0.466. The summed E-state index contributed by atoms with van der Waals surface area (Å²) in [7, 11) is 0. The van der Waals surface area contributed by atoms with Crippen LogP contribution in [0.5, 0.6) is 0 Å². The monoisotopic (exact) mass is 220 g/mol. The summed E-state index contributed by atoms with van der Waals surface area (Å²) in [6, 6.07) is 7.10. The molecular weight excluding hydrogens is 208 g/mol. The average Bonchev–Trinajstić information content (AvgIpc) is 2.22. The van der Waals surface area contributed by atoms with Crippen LogP contribution in [-0.2, 0) is 4.79 Å². The Balaban J connectivity index is 2.92. The van der Waals surface area contributed by atoms with Gasteiger partial charge in [-0.3, -0.25) is 4.79 Å². The topological polar surface area (TPSA) is 78.8 Å². The Morgan fingerprint density at radius 1 is 1.38 bits per heavy atom. The van der Waals surface area contributed by atoms with E-state index < -0.39 is 17.4 Å². The van der Waals surface area contributed by atoms with Crippen molar-refractivity contribution in [3.05, 3.63) is 46.2 Å². The molecule has 0 aromatic heterocycles. The normalized spacial score (nSPS) is 11.6. The number of amides is 1. The van der Waals surface area contributed by atoms with Crippen LogP contribution < -0.4 is 5.32 Å². The largest absolute Gasteiger partial charge is 0.510 e. The summed E-state index contributed by atoms with van der Waals surface area (Å²) in [5.74, 6) is -1.12. The minimum absolute atomic E-state index is 0.402. The molecule has 0 atom stereocenters. The molecule has 0 saturated heterocycles. The van der Waals surface area contributed by atoms with Crippen molar-refractivity contribution in [3.63, 3.8) is 0 Å². The number of nitrogens with one attached hydrogen (secondary N) is 1. The molecule has 0 unspecified atom stereocenters. The third kappa shape index (κ3) is 2.66. The van der Waals surface area contributed by atoms with E-state index in [0.29, 0.717) is 5.69 Å². The van der Waals surface area contributed by atoms with Gasteiger partial charge in [-0.05, 0) is 30.7 Å². The molecule has 1 aromatic rings. The van der Waals surface area contributed by atoms with E-state index in [1.807, 2.05) is 19.1 Å². The van der Waals surface area contributed by atoms with Crippen molar-refractivity contribution in [1.82, 2.24) is 0 Å². The van der Waals surface area contributed by atoms with E-state index in [0.717, 1.165) is 5.56 Å². The Bertz CT molecular complexity index is 448. The Labute approximate surface area is 92.8 Å². The zero-order chi connectivity index (χ0) is 12.1. The maximum atomic E-state index is 11.5. The molecule has 5 nitrogen and oxygen atoms in total. The van der Waals surface area contributed by atoms with Gasteiger partial charge in [0.05, 0.1) is 0 Å². The number of carbonyl (C=O) groups is 1. The van der Waals surface area contributed by atoms with E-state index in [1.165, 1.54) is 6.92 Å². The lowest BCUT2D eigenvalue weighted by molar-refractivity contribution is -0.113. The van der Waals surface area contributed by atoms with Crippen LogP contribution in [0.1, 0.15) is 12.5 Å². The lowest BCUT2D eigenvalue weighted by Gasteiger charge is -2.07. The summed E-state index contributed by atoms with van der Waals surface area (Å²) in [6.07, 6.45) is 0. The molecule has 1 amide bonds. The highest BCUT2D eigenvalue weighted by Crippen LogP contribution is 2.15. The van der Waals surface area contributed by atoms with Crippen LogP contribution in [-0.4, -0.2) is 11.0 Å². The standard InChI is InChI=1S/C11H12N2O3/c1-7-5-3-4-6-9(7)12-11(15)10(13-16)8(2)14/h3-6,14H,1-2H3,(H,12,15)/b10-8-. The van der Waals surface area contributed by atoms with Crippen molar-refractivity contribution < 1.29 is 9.90 Å². The molecule has 0 aliphatic heterocycles. The molecule has 1 aromatic carbocycles. The van der Waals surface area contributed by atoms with Crippen molar-refractivity contribution in [3.8, 4) is 0 Å². The number of benzene rings is 1. The fourth-order valence-electron chi connectivity index (χ4n) is 1.17. The van der Waals surface area contributed by atoms with Crippen molar-refractivity contribution in [1.29, 1.82) is 0 Å². The van der Waals surface area contributed by atoms with Gasteiger partial charge in [-0.25, -0.2) is 0 Å². The molecule has 84 valence electrons. The molecular formula is C11H12N2O3. The first kappa shape index (κ1) is 11.9. The van der Waals surface area contributed by atoms with Gasteiger partial charge < -0.3 is 10.4 Å². The summed E-state index contributed by atoms with van der Waals surface area (Å²) in [5, 5.41) is 14.0. The Morgan fingerprint density at radius 3 is 2.50 bits per heavy atom. The molecule has 0 spiro atoms. The van der Waals surface area contributed by atoms with E-state index in [1.54, 1.807) is 12.1 Å². The number of nitrogens with zero attached hydrogens (tertiary/aromatic N) is 1. The zero-order valence-corrected chi connectivity index (χ0v) is 9.02. The fourth-order valence-corrected chi connectivity index (χ4v) is 1.17. The predicted molar refractivity (Wildman–Crippen MR) is 60.9 cm³/mol. The predicted octanol–water partition coefficient (Wildman–Crippen LogP) is 2.49. The number of rotatable bonds is 3. The van der Waals surface area contributed by atoms with Crippen LogP contribution in [0.2, 0.25) is 0 Å². The highest BCUT2D eigenvalue weighted by molar-refractivity contribution is 6.04. The van der Waals surface area contributed by atoms with Crippen molar-refractivity contribution in [2.45, 2.75) is 13.8 Å². The molecule has 0 radical (unpaired) electrons. The number of para-hydroxylation sites is 1. The second kappa shape index (κ2) is 5.06. The number of aliphatic hydroxyl groups is 1. The Kier molecular flexibility index (Phi) is 3.77. The molecule has 2 N–H and O–H groups in total. The molecule has 0 aliphatic carbocycles. The molecule has 0 bridgehead atoms. The summed E-state index contributed by atoms with van der Waals surface area (Å²) in [5.41, 5.74) is 0.926. The molecule has 1 rings (SSSR count). The summed E-state index contributed by atoms with van der Waals surface area (Å²) < 4.78 is 0. The number of aryl methyl sites for hydroxylation is 1.